The SMILES string of the molecule is c1cc[n+](-c2ccnnc2)cc1. The van der Waals surface area contributed by atoms with Gasteiger partial charge in [-0.25, -0.2) is 0 Å². The Labute approximate surface area is 70.3 Å². The van der Waals surface area contributed by atoms with Gasteiger partial charge < -0.3 is 0 Å². The first-order valence-electron chi connectivity index (χ1n) is 3.70. The second-order valence-corrected chi connectivity index (χ2v) is 2.38. The summed E-state index contributed by atoms with van der Waals surface area (Å²) in [7, 11) is 0. The molecule has 2 aromatic rings. The molecule has 0 atom stereocenters. The van der Waals surface area contributed by atoms with Gasteiger partial charge in [-0.2, -0.15) is 14.8 Å². The third-order valence-electron chi connectivity index (χ3n) is 1.58. The highest BCUT2D eigenvalue weighted by Gasteiger charge is 2.01. The van der Waals surface area contributed by atoms with E-state index in [2.05, 4.69) is 10.2 Å². The molecule has 0 aliphatic heterocycles. The normalized spacial score (nSPS) is 9.67. The van der Waals surface area contributed by atoms with E-state index in [1.807, 2.05) is 41.2 Å². The van der Waals surface area contributed by atoms with Crippen LogP contribution in [0.2, 0.25) is 0 Å². The maximum atomic E-state index is 3.79. The van der Waals surface area contributed by atoms with Gasteiger partial charge in [0.15, 0.2) is 12.4 Å². The second kappa shape index (κ2) is 3.09. The van der Waals surface area contributed by atoms with Crippen molar-refractivity contribution in [1.82, 2.24) is 10.2 Å². The average molecular weight is 158 g/mol. The maximum Gasteiger partial charge on any atom is 0.232 e. The van der Waals surface area contributed by atoms with Crippen LogP contribution in [0.5, 0.6) is 0 Å². The number of aromatic nitrogens is 3. The zero-order valence-corrected chi connectivity index (χ0v) is 6.46. The van der Waals surface area contributed by atoms with Gasteiger partial charge in [0.2, 0.25) is 5.69 Å². The summed E-state index contributed by atoms with van der Waals surface area (Å²) in [6.07, 6.45) is 7.34. The number of rotatable bonds is 1. The van der Waals surface area contributed by atoms with Gasteiger partial charge >= 0.3 is 0 Å². The molecule has 0 unspecified atom stereocenters. The molecule has 58 valence electrons. The van der Waals surface area contributed by atoms with Crippen LogP contribution in [0, 0.1) is 0 Å². The van der Waals surface area contributed by atoms with Crippen LogP contribution >= 0.6 is 0 Å². The van der Waals surface area contributed by atoms with Crippen molar-refractivity contribution in [2.45, 2.75) is 0 Å². The van der Waals surface area contributed by atoms with E-state index in [0.29, 0.717) is 0 Å². The molecule has 0 spiro atoms. The molecule has 0 radical (unpaired) electrons. The van der Waals surface area contributed by atoms with Crippen LogP contribution in [-0.2, 0) is 0 Å². The number of hydrogen-bond acceptors (Lipinski definition) is 2. The third kappa shape index (κ3) is 1.29. The second-order valence-electron chi connectivity index (χ2n) is 2.38. The van der Waals surface area contributed by atoms with Crippen molar-refractivity contribution in [2.75, 3.05) is 0 Å². The van der Waals surface area contributed by atoms with E-state index in [1.165, 1.54) is 0 Å². The van der Waals surface area contributed by atoms with E-state index >= 15 is 0 Å². The van der Waals surface area contributed by atoms with Crippen LogP contribution < -0.4 is 4.57 Å². The van der Waals surface area contributed by atoms with Crippen LogP contribution in [0.4, 0.5) is 0 Å². The molecule has 0 amide bonds. The molecule has 2 rings (SSSR count). The van der Waals surface area contributed by atoms with E-state index in [0.717, 1.165) is 5.69 Å². The molecule has 3 nitrogen and oxygen atoms in total. The first kappa shape index (κ1) is 6.91. The first-order valence-corrected chi connectivity index (χ1v) is 3.70. The van der Waals surface area contributed by atoms with Crippen LogP contribution in [0.3, 0.4) is 0 Å². The molecule has 0 N–H and O–H groups in total. The van der Waals surface area contributed by atoms with Crippen LogP contribution in [0.15, 0.2) is 49.1 Å². The molecular formula is C9H8N3+. The molecule has 0 aromatic carbocycles. The van der Waals surface area contributed by atoms with Crippen LogP contribution in [0.25, 0.3) is 5.69 Å². The Hall–Kier alpha value is -1.77. The zero-order valence-electron chi connectivity index (χ0n) is 6.46. The van der Waals surface area contributed by atoms with Gasteiger partial charge in [0.25, 0.3) is 0 Å². The van der Waals surface area contributed by atoms with Gasteiger partial charge in [0, 0.05) is 18.2 Å². The number of nitrogens with zero attached hydrogens (tertiary/aromatic N) is 3. The quantitative estimate of drug-likeness (QED) is 0.573. The summed E-state index contributed by atoms with van der Waals surface area (Å²) in [6, 6.07) is 7.83. The van der Waals surface area contributed by atoms with Crippen molar-refractivity contribution in [3.63, 3.8) is 0 Å². The number of hydrogen-bond donors (Lipinski definition) is 0. The molecule has 0 aliphatic rings. The molecule has 2 aromatic heterocycles. The van der Waals surface area contributed by atoms with Crippen LogP contribution in [-0.4, -0.2) is 10.2 Å². The molecule has 0 saturated carbocycles. The minimum Gasteiger partial charge on any atom is -0.166 e. The Bertz CT molecular complexity index is 307. The Morgan fingerprint density at radius 1 is 1.00 bits per heavy atom. The molecule has 0 saturated heterocycles. The minimum absolute atomic E-state index is 1.02. The fourth-order valence-corrected chi connectivity index (χ4v) is 1.01. The molecule has 12 heavy (non-hydrogen) atoms. The van der Waals surface area contributed by atoms with E-state index in [9.17, 15) is 0 Å². The van der Waals surface area contributed by atoms with Crippen LogP contribution in [0.1, 0.15) is 0 Å². The topological polar surface area (TPSA) is 29.7 Å². The fourth-order valence-electron chi connectivity index (χ4n) is 1.01. The largest absolute Gasteiger partial charge is 0.232 e. The van der Waals surface area contributed by atoms with Crippen molar-refractivity contribution in [3.8, 4) is 5.69 Å². The van der Waals surface area contributed by atoms with E-state index < -0.39 is 0 Å². The highest BCUT2D eigenvalue weighted by atomic mass is 15.1. The van der Waals surface area contributed by atoms with Crippen molar-refractivity contribution in [1.29, 1.82) is 0 Å². The van der Waals surface area contributed by atoms with Gasteiger partial charge in [-0.1, -0.05) is 6.07 Å². The van der Waals surface area contributed by atoms with Gasteiger partial charge in [0.1, 0.15) is 6.20 Å². The zero-order chi connectivity index (χ0) is 8.23. The molecule has 3 heteroatoms. The molecule has 0 aliphatic carbocycles. The minimum atomic E-state index is 1.02. The lowest BCUT2D eigenvalue weighted by Crippen LogP contribution is -2.28. The predicted molar refractivity (Wildman–Crippen MR) is 43.6 cm³/mol. The lowest BCUT2D eigenvalue weighted by molar-refractivity contribution is -0.596. The Balaban J connectivity index is 2.46. The third-order valence-corrected chi connectivity index (χ3v) is 1.58. The summed E-state index contributed by atoms with van der Waals surface area (Å²) in [4.78, 5) is 0. The van der Waals surface area contributed by atoms with E-state index in [4.69, 9.17) is 0 Å². The molecule has 0 bridgehead atoms. The Morgan fingerprint density at radius 2 is 1.83 bits per heavy atom. The van der Waals surface area contributed by atoms with E-state index in [1.54, 1.807) is 12.4 Å². The lowest BCUT2D eigenvalue weighted by Gasteiger charge is -1.90. The molecule has 0 fully saturated rings. The van der Waals surface area contributed by atoms with Crippen molar-refractivity contribution < 1.29 is 4.57 Å². The summed E-state index contributed by atoms with van der Waals surface area (Å²) in [5.41, 5.74) is 1.02. The smallest absolute Gasteiger partial charge is 0.166 e. The van der Waals surface area contributed by atoms with Crippen molar-refractivity contribution in [2.24, 2.45) is 0 Å². The lowest BCUT2D eigenvalue weighted by atomic mass is 10.4. The Kier molecular flexibility index (Phi) is 1.78. The van der Waals surface area contributed by atoms with Crippen molar-refractivity contribution in [3.05, 3.63) is 49.1 Å². The fraction of sp³-hybridized carbons (Fsp3) is 0. The van der Waals surface area contributed by atoms with Gasteiger partial charge in [-0.15, -0.1) is 0 Å². The molecule has 2 heterocycles. The highest BCUT2D eigenvalue weighted by molar-refractivity contribution is 5.13. The van der Waals surface area contributed by atoms with Gasteiger partial charge in [0.05, 0.1) is 6.20 Å². The Morgan fingerprint density at radius 3 is 2.50 bits per heavy atom. The van der Waals surface area contributed by atoms with E-state index in [-0.39, 0.29) is 0 Å². The first-order chi connectivity index (χ1) is 5.97. The summed E-state index contributed by atoms with van der Waals surface area (Å²) < 4.78 is 1.98. The summed E-state index contributed by atoms with van der Waals surface area (Å²) in [6.45, 7) is 0. The monoisotopic (exact) mass is 158 g/mol. The molecular weight excluding hydrogens is 150 g/mol. The summed E-state index contributed by atoms with van der Waals surface area (Å²) in [5, 5.41) is 7.50. The van der Waals surface area contributed by atoms with Gasteiger partial charge in [-0.3, -0.25) is 0 Å². The number of pyridine rings is 1. The van der Waals surface area contributed by atoms with Gasteiger partial charge in [-0.05, 0) is 0 Å². The standard InChI is InChI=1S/C9H8N3/c1-2-6-12(7-3-1)9-4-5-10-11-8-9/h1-8H/q+1. The summed E-state index contributed by atoms with van der Waals surface area (Å²) in [5.74, 6) is 0. The highest BCUT2D eigenvalue weighted by Crippen LogP contribution is 1.91. The summed E-state index contributed by atoms with van der Waals surface area (Å²) >= 11 is 0. The average Bonchev–Trinajstić information content (AvgIpc) is 2.21. The predicted octanol–water partition coefficient (Wildman–Crippen LogP) is 0.753. The van der Waals surface area contributed by atoms with Crippen molar-refractivity contribution >= 4 is 0 Å². The maximum absolute atomic E-state index is 3.79.